The highest BCUT2D eigenvalue weighted by Crippen LogP contribution is 2.22. The molecule has 0 atom stereocenters. The van der Waals surface area contributed by atoms with Crippen LogP contribution in [0.5, 0.6) is 0 Å². The number of rotatable bonds is 6. The van der Waals surface area contributed by atoms with E-state index in [0.29, 0.717) is 0 Å². The zero-order chi connectivity index (χ0) is 18.7. The average molecular weight is 374 g/mol. The lowest BCUT2D eigenvalue weighted by molar-refractivity contribution is -0.385. The van der Waals surface area contributed by atoms with Crippen molar-refractivity contribution < 1.29 is 17.8 Å². The molecule has 134 valence electrons. The molecule has 0 aliphatic rings. The van der Waals surface area contributed by atoms with Gasteiger partial charge in [0.15, 0.2) is 0 Å². The molecule has 10 heteroatoms. The van der Waals surface area contributed by atoms with E-state index in [1.54, 1.807) is 12.1 Å². The first-order chi connectivity index (χ1) is 12.4. The lowest BCUT2D eigenvalue weighted by atomic mass is 10.2. The Kier molecular flexibility index (Phi) is 4.78. The largest absolute Gasteiger partial charge is 0.419 e. The maximum absolute atomic E-state index is 12.6. The molecule has 0 unspecified atom stereocenters. The summed E-state index contributed by atoms with van der Waals surface area (Å²) < 4.78 is 31.7. The number of hydrogen-bond acceptors (Lipinski definition) is 7. The first-order valence-corrected chi connectivity index (χ1v) is 8.90. The summed E-state index contributed by atoms with van der Waals surface area (Å²) in [6.07, 6.45) is 0. The molecule has 3 rings (SSSR count). The van der Waals surface area contributed by atoms with Crippen molar-refractivity contribution in [2.24, 2.45) is 0 Å². The molecule has 0 saturated carbocycles. The summed E-state index contributed by atoms with van der Waals surface area (Å²) in [5, 5.41) is 18.6. The van der Waals surface area contributed by atoms with Crippen LogP contribution in [-0.2, 0) is 16.6 Å². The summed E-state index contributed by atoms with van der Waals surface area (Å²) in [7, 11) is -2.61. The summed E-state index contributed by atoms with van der Waals surface area (Å²) in [4.78, 5) is 10.0. The summed E-state index contributed by atoms with van der Waals surface area (Å²) in [5.41, 5.74) is 0.416. The van der Waals surface area contributed by atoms with E-state index in [2.05, 4.69) is 10.2 Å². The molecule has 26 heavy (non-hydrogen) atoms. The first kappa shape index (κ1) is 17.7. The predicted octanol–water partition coefficient (Wildman–Crippen LogP) is 2.47. The predicted molar refractivity (Wildman–Crippen MR) is 91.5 cm³/mol. The zero-order valence-electron chi connectivity index (χ0n) is 13.6. The van der Waals surface area contributed by atoms with Crippen LogP contribution in [0.2, 0.25) is 0 Å². The van der Waals surface area contributed by atoms with Crippen molar-refractivity contribution >= 4 is 15.7 Å². The fourth-order valence-corrected chi connectivity index (χ4v) is 3.39. The second-order valence-electron chi connectivity index (χ2n) is 5.38. The van der Waals surface area contributed by atoms with Crippen LogP contribution in [0.4, 0.5) is 5.69 Å². The molecule has 9 nitrogen and oxygen atoms in total. The molecular formula is C16H14N4O5S. The van der Waals surface area contributed by atoms with Crippen molar-refractivity contribution in [3.63, 3.8) is 0 Å². The Morgan fingerprint density at radius 1 is 1.12 bits per heavy atom. The molecular weight excluding hydrogens is 360 g/mol. The number of nitrogens with zero attached hydrogens (tertiary/aromatic N) is 4. The van der Waals surface area contributed by atoms with Crippen LogP contribution in [0.15, 0.2) is 63.9 Å². The smallest absolute Gasteiger partial charge is 0.270 e. The third-order valence-electron chi connectivity index (χ3n) is 3.58. The fourth-order valence-electron chi connectivity index (χ4n) is 2.23. The van der Waals surface area contributed by atoms with Crippen LogP contribution in [0, 0.1) is 10.1 Å². The Hall–Kier alpha value is -3.11. The lowest BCUT2D eigenvalue weighted by Gasteiger charge is -2.14. The van der Waals surface area contributed by atoms with Crippen molar-refractivity contribution in [2.45, 2.75) is 11.4 Å². The van der Waals surface area contributed by atoms with Gasteiger partial charge in [0.2, 0.25) is 21.8 Å². The van der Waals surface area contributed by atoms with Gasteiger partial charge < -0.3 is 4.42 Å². The summed E-state index contributed by atoms with van der Waals surface area (Å²) in [6.45, 7) is -0.162. The highest BCUT2D eigenvalue weighted by Gasteiger charge is 2.25. The monoisotopic (exact) mass is 374 g/mol. The number of benzene rings is 2. The quantitative estimate of drug-likeness (QED) is 0.480. The molecule has 0 radical (unpaired) electrons. The van der Waals surface area contributed by atoms with E-state index in [-0.39, 0.29) is 28.9 Å². The van der Waals surface area contributed by atoms with E-state index in [1.165, 1.54) is 25.2 Å². The van der Waals surface area contributed by atoms with Gasteiger partial charge in [-0.3, -0.25) is 10.1 Å². The molecule has 0 N–H and O–H groups in total. The van der Waals surface area contributed by atoms with Gasteiger partial charge in [0, 0.05) is 24.7 Å². The van der Waals surface area contributed by atoms with Gasteiger partial charge in [-0.25, -0.2) is 8.42 Å². The van der Waals surface area contributed by atoms with E-state index in [1.807, 2.05) is 18.2 Å². The molecule has 3 aromatic rings. The summed E-state index contributed by atoms with van der Waals surface area (Å²) >= 11 is 0. The fraction of sp³-hybridized carbons (Fsp3) is 0.125. The molecule has 0 amide bonds. The van der Waals surface area contributed by atoms with Gasteiger partial charge in [0.25, 0.3) is 5.69 Å². The number of hydrogen-bond donors (Lipinski definition) is 0. The van der Waals surface area contributed by atoms with E-state index >= 15 is 0 Å². The standard InChI is InChI=1S/C16H14N4O5S/c1-19(26(23,24)14-9-5-8-13(10-14)20(21)22)11-15-17-18-16(25-15)12-6-3-2-4-7-12/h2-10H,11H2,1H3. The third kappa shape index (κ3) is 3.60. The third-order valence-corrected chi connectivity index (χ3v) is 5.38. The second-order valence-corrected chi connectivity index (χ2v) is 7.43. The molecule has 0 bridgehead atoms. The van der Waals surface area contributed by atoms with Crippen molar-refractivity contribution in [1.82, 2.24) is 14.5 Å². The van der Waals surface area contributed by atoms with Crippen LogP contribution in [0.25, 0.3) is 11.5 Å². The molecule has 0 saturated heterocycles. The van der Waals surface area contributed by atoms with Crippen molar-refractivity contribution in [3.05, 3.63) is 70.6 Å². The Bertz CT molecular complexity index is 1030. The minimum atomic E-state index is -3.95. The van der Waals surface area contributed by atoms with E-state index in [0.717, 1.165) is 15.9 Å². The number of non-ortho nitro benzene ring substituents is 1. The minimum absolute atomic E-state index is 0.111. The Morgan fingerprint density at radius 3 is 2.54 bits per heavy atom. The first-order valence-electron chi connectivity index (χ1n) is 7.46. The topological polar surface area (TPSA) is 119 Å². The van der Waals surface area contributed by atoms with Crippen molar-refractivity contribution in [2.75, 3.05) is 7.05 Å². The van der Waals surface area contributed by atoms with Gasteiger partial charge in [-0.05, 0) is 18.2 Å². The maximum Gasteiger partial charge on any atom is 0.270 e. The van der Waals surface area contributed by atoms with E-state index < -0.39 is 14.9 Å². The van der Waals surface area contributed by atoms with Crippen molar-refractivity contribution in [1.29, 1.82) is 0 Å². The van der Waals surface area contributed by atoms with Crippen LogP contribution < -0.4 is 0 Å². The Morgan fingerprint density at radius 2 is 1.85 bits per heavy atom. The SMILES string of the molecule is CN(Cc1nnc(-c2ccccc2)o1)S(=O)(=O)c1cccc([N+](=O)[O-])c1. The Balaban J connectivity index is 1.81. The van der Waals surface area contributed by atoms with Gasteiger partial charge >= 0.3 is 0 Å². The van der Waals surface area contributed by atoms with Gasteiger partial charge in [-0.2, -0.15) is 4.31 Å². The van der Waals surface area contributed by atoms with Gasteiger partial charge in [-0.1, -0.05) is 24.3 Å². The highest BCUT2D eigenvalue weighted by molar-refractivity contribution is 7.89. The normalized spacial score (nSPS) is 11.6. The summed E-state index contributed by atoms with van der Waals surface area (Å²) in [6, 6.07) is 13.9. The zero-order valence-corrected chi connectivity index (χ0v) is 14.5. The molecule has 1 aromatic heterocycles. The van der Waals surface area contributed by atoms with E-state index in [4.69, 9.17) is 4.42 Å². The summed E-state index contributed by atoms with van der Waals surface area (Å²) in [5.74, 6) is 0.391. The molecule has 0 spiro atoms. The maximum atomic E-state index is 12.6. The second kappa shape index (κ2) is 7.02. The molecule has 2 aromatic carbocycles. The number of nitro groups is 1. The van der Waals surface area contributed by atoms with Crippen LogP contribution in [0.1, 0.15) is 5.89 Å². The lowest BCUT2D eigenvalue weighted by Crippen LogP contribution is -2.26. The average Bonchev–Trinajstić information content (AvgIpc) is 3.11. The van der Waals surface area contributed by atoms with Crippen LogP contribution >= 0.6 is 0 Å². The molecule has 1 heterocycles. The molecule has 0 aliphatic heterocycles. The number of sulfonamides is 1. The van der Waals surface area contributed by atoms with Gasteiger partial charge in [0.1, 0.15) is 0 Å². The van der Waals surface area contributed by atoms with Crippen molar-refractivity contribution in [3.8, 4) is 11.5 Å². The molecule has 0 fully saturated rings. The number of aromatic nitrogens is 2. The Labute approximate surface area is 149 Å². The van der Waals surface area contributed by atoms with Gasteiger partial charge in [-0.15, -0.1) is 10.2 Å². The molecule has 0 aliphatic carbocycles. The highest BCUT2D eigenvalue weighted by atomic mass is 32.2. The van der Waals surface area contributed by atoms with Crippen LogP contribution in [0.3, 0.4) is 0 Å². The van der Waals surface area contributed by atoms with E-state index in [9.17, 15) is 18.5 Å². The number of nitro benzene ring substituents is 1. The minimum Gasteiger partial charge on any atom is -0.419 e. The van der Waals surface area contributed by atoms with Crippen LogP contribution in [-0.4, -0.2) is 34.9 Å². The van der Waals surface area contributed by atoms with Gasteiger partial charge in [0.05, 0.1) is 16.4 Å².